The lowest BCUT2D eigenvalue weighted by molar-refractivity contribution is 0.0741. The Labute approximate surface area is 202 Å². The minimum atomic E-state index is -0.0177. The number of thiazole rings is 1. The van der Waals surface area contributed by atoms with Gasteiger partial charge in [-0.1, -0.05) is 30.3 Å². The molecule has 3 heterocycles. The zero-order valence-corrected chi connectivity index (χ0v) is 19.7. The summed E-state index contributed by atoms with van der Waals surface area (Å²) in [5.41, 5.74) is 3.42. The van der Waals surface area contributed by atoms with Crippen LogP contribution < -0.4 is 9.64 Å². The molecule has 8 heteroatoms. The summed E-state index contributed by atoms with van der Waals surface area (Å²) in [7, 11) is 0. The van der Waals surface area contributed by atoms with Gasteiger partial charge in [-0.05, 0) is 31.2 Å². The van der Waals surface area contributed by atoms with Crippen molar-refractivity contribution in [2.24, 2.45) is 0 Å². The van der Waals surface area contributed by atoms with Crippen molar-refractivity contribution in [2.75, 3.05) is 37.7 Å². The number of hydrogen-bond donors (Lipinski definition) is 0. The molecule has 5 rings (SSSR count). The van der Waals surface area contributed by atoms with Crippen molar-refractivity contribution in [1.82, 2.24) is 19.9 Å². The largest absolute Gasteiger partial charge is 0.494 e. The summed E-state index contributed by atoms with van der Waals surface area (Å²) >= 11 is 1.50. The van der Waals surface area contributed by atoms with E-state index in [0.29, 0.717) is 38.5 Å². The Morgan fingerprint density at radius 2 is 1.74 bits per heavy atom. The predicted octanol–water partition coefficient (Wildman–Crippen LogP) is 4.63. The fraction of sp³-hybridized carbons (Fsp3) is 0.231. The van der Waals surface area contributed by atoms with Crippen LogP contribution in [0.25, 0.3) is 21.8 Å². The molecule has 2 aromatic heterocycles. The molecule has 0 unspecified atom stereocenters. The van der Waals surface area contributed by atoms with E-state index in [9.17, 15) is 4.79 Å². The van der Waals surface area contributed by atoms with Crippen LogP contribution in [0.2, 0.25) is 0 Å². The van der Waals surface area contributed by atoms with E-state index in [1.54, 1.807) is 6.33 Å². The number of nitrogens with zero attached hydrogens (tertiary/aromatic N) is 5. The summed E-state index contributed by atoms with van der Waals surface area (Å²) in [5, 5.41) is 2.72. The molecule has 34 heavy (non-hydrogen) atoms. The highest BCUT2D eigenvalue weighted by atomic mass is 32.1. The standard InChI is InChI=1S/C26H25N5O2S/c1-2-33-21-10-8-19(9-11-21)22-16-24(28-18-27-22)30-12-14-31(15-13-30)26(32)23-17-34-25(29-23)20-6-4-3-5-7-20/h3-11,16-18H,2,12-15H2,1H3. The SMILES string of the molecule is CCOc1ccc(-c2cc(N3CCN(C(=O)c4csc(-c5ccccc5)n4)CC3)ncn2)cc1. The van der Waals surface area contributed by atoms with Crippen LogP contribution in [0.5, 0.6) is 5.75 Å². The van der Waals surface area contributed by atoms with Crippen LogP contribution in [-0.2, 0) is 0 Å². The topological polar surface area (TPSA) is 71.5 Å². The normalized spacial score (nSPS) is 13.7. The molecular formula is C26H25N5O2S. The lowest BCUT2D eigenvalue weighted by atomic mass is 10.1. The average molecular weight is 472 g/mol. The lowest BCUT2D eigenvalue weighted by Crippen LogP contribution is -2.49. The van der Waals surface area contributed by atoms with E-state index in [-0.39, 0.29) is 5.91 Å². The maximum Gasteiger partial charge on any atom is 0.273 e. The van der Waals surface area contributed by atoms with E-state index in [0.717, 1.165) is 33.4 Å². The van der Waals surface area contributed by atoms with Gasteiger partial charge in [0.1, 0.15) is 28.6 Å². The first-order valence-electron chi connectivity index (χ1n) is 11.3. The van der Waals surface area contributed by atoms with Crippen molar-refractivity contribution in [3.05, 3.63) is 78.1 Å². The number of piperazine rings is 1. The van der Waals surface area contributed by atoms with Gasteiger partial charge in [0, 0.05) is 48.8 Å². The van der Waals surface area contributed by atoms with Gasteiger partial charge in [0.2, 0.25) is 0 Å². The number of ether oxygens (including phenoxy) is 1. The van der Waals surface area contributed by atoms with Gasteiger partial charge in [0.15, 0.2) is 0 Å². The van der Waals surface area contributed by atoms with Crippen LogP contribution in [-0.4, -0.2) is 58.5 Å². The first-order chi connectivity index (χ1) is 16.7. The summed E-state index contributed by atoms with van der Waals surface area (Å²) in [6.45, 7) is 5.28. The van der Waals surface area contributed by atoms with E-state index in [4.69, 9.17) is 4.74 Å². The number of rotatable bonds is 6. The van der Waals surface area contributed by atoms with Gasteiger partial charge < -0.3 is 14.5 Å². The van der Waals surface area contributed by atoms with E-state index < -0.39 is 0 Å². The maximum absolute atomic E-state index is 13.0. The highest BCUT2D eigenvalue weighted by Crippen LogP contribution is 2.26. The molecule has 1 aliphatic rings. The first-order valence-corrected chi connectivity index (χ1v) is 12.2. The zero-order valence-electron chi connectivity index (χ0n) is 18.9. The molecule has 1 amide bonds. The molecule has 0 aliphatic carbocycles. The van der Waals surface area contributed by atoms with Crippen LogP contribution in [0.15, 0.2) is 72.4 Å². The molecule has 0 radical (unpaired) electrons. The summed E-state index contributed by atoms with van der Waals surface area (Å²) in [6.07, 6.45) is 1.60. The maximum atomic E-state index is 13.0. The van der Waals surface area contributed by atoms with Crippen molar-refractivity contribution in [3.63, 3.8) is 0 Å². The fourth-order valence-corrected chi connectivity index (χ4v) is 4.75. The molecular weight excluding hydrogens is 446 g/mol. The fourth-order valence-electron chi connectivity index (χ4n) is 3.95. The summed E-state index contributed by atoms with van der Waals surface area (Å²) < 4.78 is 5.52. The van der Waals surface area contributed by atoms with Gasteiger partial charge in [-0.3, -0.25) is 4.79 Å². The van der Waals surface area contributed by atoms with E-state index in [1.165, 1.54) is 11.3 Å². The van der Waals surface area contributed by atoms with Crippen LogP contribution in [0, 0.1) is 0 Å². The smallest absolute Gasteiger partial charge is 0.273 e. The quantitative estimate of drug-likeness (QED) is 0.408. The van der Waals surface area contributed by atoms with Crippen LogP contribution in [0.3, 0.4) is 0 Å². The summed E-state index contributed by atoms with van der Waals surface area (Å²) in [6, 6.07) is 19.9. The molecule has 172 valence electrons. The van der Waals surface area contributed by atoms with Crippen molar-refractivity contribution in [2.45, 2.75) is 6.92 Å². The molecule has 1 aliphatic heterocycles. The number of benzene rings is 2. The molecule has 1 saturated heterocycles. The second kappa shape index (κ2) is 10.0. The number of aromatic nitrogens is 3. The number of anilines is 1. The molecule has 4 aromatic rings. The Morgan fingerprint density at radius 1 is 0.971 bits per heavy atom. The molecule has 0 saturated carbocycles. The van der Waals surface area contributed by atoms with E-state index >= 15 is 0 Å². The van der Waals surface area contributed by atoms with Gasteiger partial charge in [-0.25, -0.2) is 15.0 Å². The second-order valence-electron chi connectivity index (χ2n) is 7.90. The molecule has 0 atom stereocenters. The van der Waals surface area contributed by atoms with Gasteiger partial charge in [-0.15, -0.1) is 11.3 Å². The van der Waals surface area contributed by atoms with Crippen LogP contribution in [0.1, 0.15) is 17.4 Å². The summed E-state index contributed by atoms with van der Waals surface area (Å²) in [4.78, 5) is 30.6. The molecule has 0 N–H and O–H groups in total. The van der Waals surface area contributed by atoms with Gasteiger partial charge in [0.25, 0.3) is 5.91 Å². The average Bonchev–Trinajstić information content (AvgIpc) is 3.40. The Kier molecular flexibility index (Phi) is 6.49. The number of carbonyl (C=O) groups excluding carboxylic acids is 1. The minimum absolute atomic E-state index is 0.0177. The Morgan fingerprint density at radius 3 is 2.47 bits per heavy atom. The predicted molar refractivity (Wildman–Crippen MR) is 134 cm³/mol. The molecule has 7 nitrogen and oxygen atoms in total. The Bertz CT molecular complexity index is 1250. The van der Waals surface area contributed by atoms with Crippen molar-refractivity contribution in [3.8, 4) is 27.6 Å². The number of amides is 1. The van der Waals surface area contributed by atoms with Crippen molar-refractivity contribution < 1.29 is 9.53 Å². The molecule has 0 spiro atoms. The third-order valence-corrected chi connectivity index (χ3v) is 6.64. The van der Waals surface area contributed by atoms with E-state index in [1.807, 2.05) is 77.9 Å². The zero-order chi connectivity index (χ0) is 23.3. The number of carbonyl (C=O) groups is 1. The number of hydrogen-bond acceptors (Lipinski definition) is 7. The Hall–Kier alpha value is -3.78. The Balaban J connectivity index is 1.23. The first kappa shape index (κ1) is 22.0. The molecule has 2 aromatic carbocycles. The summed E-state index contributed by atoms with van der Waals surface area (Å²) in [5.74, 6) is 1.69. The van der Waals surface area contributed by atoms with Gasteiger partial charge in [0.05, 0.1) is 12.3 Å². The second-order valence-corrected chi connectivity index (χ2v) is 8.76. The lowest BCUT2D eigenvalue weighted by Gasteiger charge is -2.35. The highest BCUT2D eigenvalue weighted by molar-refractivity contribution is 7.13. The molecule has 1 fully saturated rings. The van der Waals surface area contributed by atoms with Gasteiger partial charge >= 0.3 is 0 Å². The third kappa shape index (κ3) is 4.77. The van der Waals surface area contributed by atoms with Crippen molar-refractivity contribution in [1.29, 1.82) is 0 Å². The monoisotopic (exact) mass is 471 g/mol. The molecule has 0 bridgehead atoms. The minimum Gasteiger partial charge on any atom is -0.494 e. The highest BCUT2D eigenvalue weighted by Gasteiger charge is 2.25. The van der Waals surface area contributed by atoms with Crippen LogP contribution >= 0.6 is 11.3 Å². The van der Waals surface area contributed by atoms with Crippen LogP contribution in [0.4, 0.5) is 5.82 Å². The van der Waals surface area contributed by atoms with E-state index in [2.05, 4.69) is 19.9 Å². The van der Waals surface area contributed by atoms with Gasteiger partial charge in [-0.2, -0.15) is 0 Å². The third-order valence-electron chi connectivity index (χ3n) is 5.75. The van der Waals surface area contributed by atoms with Crippen molar-refractivity contribution >= 4 is 23.1 Å².